The Bertz CT molecular complexity index is 3910. The Labute approximate surface area is 438 Å². The molecule has 0 spiro atoms. The average molecular weight is 964 g/mol. The lowest BCUT2D eigenvalue weighted by molar-refractivity contribution is 0.827. The van der Waals surface area contributed by atoms with Gasteiger partial charge < -0.3 is 13.7 Å². The molecule has 10 aromatic carbocycles. The number of aryl methyl sites for hydroxylation is 3. The third kappa shape index (κ3) is 8.47. The van der Waals surface area contributed by atoms with Gasteiger partial charge >= 0.3 is 0 Å². The van der Waals surface area contributed by atoms with E-state index in [2.05, 4.69) is 289 Å². The summed E-state index contributed by atoms with van der Waals surface area (Å²) in [6.07, 6.45) is 13.4. The van der Waals surface area contributed by atoms with Gasteiger partial charge in [-0.25, -0.2) is 0 Å². The van der Waals surface area contributed by atoms with Crippen molar-refractivity contribution in [3.8, 4) is 33.4 Å². The number of benzene rings is 10. The van der Waals surface area contributed by atoms with Crippen molar-refractivity contribution >= 4 is 102 Å². The molecular weight excluding hydrogens is 907 g/mol. The van der Waals surface area contributed by atoms with E-state index in [0.717, 1.165) is 19.6 Å². The first-order chi connectivity index (χ1) is 37.0. The van der Waals surface area contributed by atoms with Crippen molar-refractivity contribution in [3.63, 3.8) is 0 Å². The second-order valence-electron chi connectivity index (χ2n) is 19.8. The van der Waals surface area contributed by atoms with Gasteiger partial charge in [0.25, 0.3) is 0 Å². The molecule has 0 radical (unpaired) electrons. The molecule has 75 heavy (non-hydrogen) atoms. The molecular formula is C72H57N3. The Hall–Kier alpha value is -9.18. The van der Waals surface area contributed by atoms with Crippen LogP contribution in [0.3, 0.4) is 0 Å². The van der Waals surface area contributed by atoms with Crippen LogP contribution in [0.15, 0.2) is 218 Å². The van der Waals surface area contributed by atoms with Crippen molar-refractivity contribution in [3.05, 3.63) is 252 Å². The second-order valence-corrected chi connectivity index (χ2v) is 19.8. The fraction of sp³-hybridized carbons (Fsp3) is 0.0833. The molecule has 0 unspecified atom stereocenters. The Morgan fingerprint density at radius 2 is 0.467 bits per heavy atom. The molecule has 13 rings (SSSR count). The predicted molar refractivity (Wildman–Crippen MR) is 325 cm³/mol. The molecule has 0 saturated carbocycles. The van der Waals surface area contributed by atoms with Gasteiger partial charge in [0.1, 0.15) is 0 Å². The van der Waals surface area contributed by atoms with Crippen LogP contribution in [-0.2, 0) is 19.6 Å². The minimum atomic E-state index is 0.933. The first-order valence-corrected chi connectivity index (χ1v) is 26.5. The van der Waals surface area contributed by atoms with E-state index in [1.165, 1.54) is 132 Å². The number of nitrogens with zero attached hydrogens (tertiary/aromatic N) is 3. The maximum atomic E-state index is 2.42. The van der Waals surface area contributed by atoms with Crippen LogP contribution in [0.4, 0.5) is 0 Å². The summed E-state index contributed by atoms with van der Waals surface area (Å²) in [6, 6.07) is 80.7. The normalized spacial score (nSPS) is 12.2. The molecule has 3 nitrogen and oxygen atoms in total. The van der Waals surface area contributed by atoms with Gasteiger partial charge in [-0.05, 0) is 142 Å². The number of aromatic nitrogens is 3. The average Bonchev–Trinajstić information content (AvgIpc) is 4.12. The van der Waals surface area contributed by atoms with Crippen molar-refractivity contribution in [2.45, 2.75) is 40.4 Å². The van der Waals surface area contributed by atoms with E-state index in [4.69, 9.17) is 0 Å². The zero-order valence-corrected chi connectivity index (χ0v) is 42.7. The summed E-state index contributed by atoms with van der Waals surface area (Å²) in [6.45, 7) is 9.48. The fourth-order valence-corrected chi connectivity index (χ4v) is 11.6. The maximum absolute atomic E-state index is 2.42. The summed E-state index contributed by atoms with van der Waals surface area (Å²) >= 11 is 0. The number of hydrogen-bond acceptors (Lipinski definition) is 0. The lowest BCUT2D eigenvalue weighted by atomic mass is 9.92. The van der Waals surface area contributed by atoms with Crippen LogP contribution < -0.4 is 0 Å². The summed E-state index contributed by atoms with van der Waals surface area (Å²) in [5.41, 5.74) is 21.9. The molecule has 3 aromatic heterocycles. The van der Waals surface area contributed by atoms with Gasteiger partial charge in [0, 0.05) is 85.1 Å². The molecule has 13 aromatic rings. The molecule has 0 aliphatic heterocycles. The Balaban J connectivity index is 0.799. The van der Waals surface area contributed by atoms with Crippen LogP contribution in [0.1, 0.15) is 54.2 Å². The maximum Gasteiger partial charge on any atom is 0.0497 e. The summed E-state index contributed by atoms with van der Waals surface area (Å²) in [5.74, 6) is 0. The van der Waals surface area contributed by atoms with Gasteiger partial charge in [-0.2, -0.15) is 0 Å². The van der Waals surface area contributed by atoms with Crippen LogP contribution in [0.5, 0.6) is 0 Å². The standard InChI is InChI=1S/C72H57N3/c1-4-73-67-16-10-7-13-61(67)64-40-31-52(43-70(64)73)22-19-49-25-34-55(35-26-49)58-46-59(56-36-27-50(28-37-56)20-23-53-32-41-65-62-14-8-11-17-68(62)74(5-2)71(65)44-53)48-60(47-58)57-38-29-51(30-39-57)21-24-54-33-42-66-63-15-9-12-18-69(63)75(6-3)72(66)45-54/h7-48H,4-6H2,1-3H3/b22-19+,23-20+,24-21+. The van der Waals surface area contributed by atoms with Gasteiger partial charge in [0.15, 0.2) is 0 Å². The Morgan fingerprint density at radius 3 is 0.747 bits per heavy atom. The van der Waals surface area contributed by atoms with Gasteiger partial charge in [0.2, 0.25) is 0 Å². The lowest BCUT2D eigenvalue weighted by Gasteiger charge is -2.12. The van der Waals surface area contributed by atoms with Gasteiger partial charge in [-0.3, -0.25) is 0 Å². The minimum Gasteiger partial charge on any atom is -0.341 e. The minimum absolute atomic E-state index is 0.933. The van der Waals surface area contributed by atoms with Crippen molar-refractivity contribution in [1.29, 1.82) is 0 Å². The summed E-state index contributed by atoms with van der Waals surface area (Å²) in [4.78, 5) is 0. The summed E-state index contributed by atoms with van der Waals surface area (Å²) < 4.78 is 7.25. The van der Waals surface area contributed by atoms with Gasteiger partial charge in [0.05, 0.1) is 0 Å². The molecule has 0 N–H and O–H groups in total. The van der Waals surface area contributed by atoms with E-state index < -0.39 is 0 Å². The van der Waals surface area contributed by atoms with E-state index in [1.54, 1.807) is 0 Å². The van der Waals surface area contributed by atoms with Crippen molar-refractivity contribution < 1.29 is 0 Å². The highest BCUT2D eigenvalue weighted by Gasteiger charge is 2.13. The first kappa shape index (κ1) is 45.7. The largest absolute Gasteiger partial charge is 0.341 e. The summed E-state index contributed by atoms with van der Waals surface area (Å²) in [5, 5.41) is 7.85. The number of fused-ring (bicyclic) bond motifs is 9. The van der Waals surface area contributed by atoms with Gasteiger partial charge in [-0.1, -0.05) is 200 Å². The van der Waals surface area contributed by atoms with Crippen LogP contribution in [-0.4, -0.2) is 13.7 Å². The molecule has 0 aliphatic carbocycles. The molecule has 0 saturated heterocycles. The topological polar surface area (TPSA) is 14.8 Å². The van der Waals surface area contributed by atoms with Crippen LogP contribution >= 0.6 is 0 Å². The second kappa shape index (κ2) is 19.3. The van der Waals surface area contributed by atoms with E-state index in [0.29, 0.717) is 0 Å². The van der Waals surface area contributed by atoms with E-state index in [-0.39, 0.29) is 0 Å². The molecule has 0 fully saturated rings. The van der Waals surface area contributed by atoms with Crippen molar-refractivity contribution in [2.75, 3.05) is 0 Å². The number of para-hydroxylation sites is 3. The Kier molecular flexibility index (Phi) is 11.8. The molecule has 0 atom stereocenters. The van der Waals surface area contributed by atoms with E-state index >= 15 is 0 Å². The fourth-order valence-electron chi connectivity index (χ4n) is 11.6. The highest BCUT2D eigenvalue weighted by atomic mass is 15.0. The Morgan fingerprint density at radius 1 is 0.227 bits per heavy atom. The first-order valence-electron chi connectivity index (χ1n) is 26.5. The zero-order valence-electron chi connectivity index (χ0n) is 42.7. The lowest BCUT2D eigenvalue weighted by Crippen LogP contribution is -1.92. The molecule has 0 bridgehead atoms. The van der Waals surface area contributed by atoms with Crippen LogP contribution in [0.25, 0.3) is 135 Å². The van der Waals surface area contributed by atoms with Crippen molar-refractivity contribution in [2.24, 2.45) is 0 Å². The zero-order chi connectivity index (χ0) is 50.4. The molecule has 360 valence electrons. The molecule has 3 heteroatoms. The van der Waals surface area contributed by atoms with E-state index in [9.17, 15) is 0 Å². The third-order valence-corrected chi connectivity index (χ3v) is 15.4. The van der Waals surface area contributed by atoms with E-state index in [1.807, 2.05) is 0 Å². The summed E-state index contributed by atoms with van der Waals surface area (Å²) in [7, 11) is 0. The number of rotatable bonds is 12. The van der Waals surface area contributed by atoms with Crippen LogP contribution in [0.2, 0.25) is 0 Å². The highest BCUT2D eigenvalue weighted by Crippen LogP contribution is 2.36. The monoisotopic (exact) mass is 963 g/mol. The quantitative estimate of drug-likeness (QED) is 0.108. The highest BCUT2D eigenvalue weighted by molar-refractivity contribution is 6.10. The molecule has 3 heterocycles. The third-order valence-electron chi connectivity index (χ3n) is 15.4. The number of hydrogen-bond donors (Lipinski definition) is 0. The smallest absolute Gasteiger partial charge is 0.0497 e. The molecule has 0 amide bonds. The SMILES string of the molecule is CCn1c2ccccc2c2ccc(/C=C/c3ccc(-c4cc(-c5ccc(/C=C/c6ccc7c8ccccc8n(CC)c7c6)cc5)cc(-c5ccc(/C=C/c6ccc7c8ccccc8n(CC)c7c6)cc5)c4)cc3)cc21. The van der Waals surface area contributed by atoms with Crippen LogP contribution in [0, 0.1) is 0 Å². The molecule has 0 aliphatic rings. The van der Waals surface area contributed by atoms with Crippen molar-refractivity contribution in [1.82, 2.24) is 13.7 Å². The predicted octanol–water partition coefficient (Wildman–Crippen LogP) is 19.6. The van der Waals surface area contributed by atoms with Gasteiger partial charge in [-0.15, -0.1) is 0 Å².